The van der Waals surface area contributed by atoms with Crippen molar-refractivity contribution in [2.75, 3.05) is 7.11 Å². The zero-order valence-electron chi connectivity index (χ0n) is 14.2. The number of hydrogen-bond donors (Lipinski definition) is 1. The predicted molar refractivity (Wildman–Crippen MR) is 82.6 cm³/mol. The van der Waals surface area contributed by atoms with Crippen LogP contribution in [0.4, 0.5) is 0 Å². The Morgan fingerprint density at radius 3 is 2.20 bits per heavy atom. The fourth-order valence-corrected chi connectivity index (χ4v) is 2.07. The van der Waals surface area contributed by atoms with Crippen molar-refractivity contribution < 1.29 is 4.74 Å². The first-order chi connectivity index (χ1) is 9.03. The van der Waals surface area contributed by atoms with Crippen LogP contribution in [0, 0.1) is 12.3 Å². The molecule has 1 aromatic heterocycles. The minimum absolute atomic E-state index is 0.0305. The molecule has 1 N–H and O–H groups in total. The van der Waals surface area contributed by atoms with E-state index in [1.165, 1.54) is 0 Å². The zero-order chi connectivity index (χ0) is 15.6. The Labute approximate surface area is 123 Å². The van der Waals surface area contributed by atoms with E-state index in [9.17, 15) is 0 Å². The number of ether oxygens (including phenoxy) is 1. The SMILES string of the molecule is COC(c1nc(C)cc(CNC(C)(C)C)n1)C(C)(C)C. The third kappa shape index (κ3) is 5.17. The molecule has 0 radical (unpaired) electrons. The van der Waals surface area contributed by atoms with Crippen LogP contribution in [0.5, 0.6) is 0 Å². The fourth-order valence-electron chi connectivity index (χ4n) is 2.07. The van der Waals surface area contributed by atoms with Gasteiger partial charge in [0.05, 0.1) is 5.69 Å². The van der Waals surface area contributed by atoms with Crippen molar-refractivity contribution in [3.05, 3.63) is 23.3 Å². The van der Waals surface area contributed by atoms with Crippen molar-refractivity contribution in [1.29, 1.82) is 0 Å². The summed E-state index contributed by atoms with van der Waals surface area (Å²) in [6.07, 6.45) is -0.101. The maximum Gasteiger partial charge on any atom is 0.158 e. The van der Waals surface area contributed by atoms with Gasteiger partial charge in [-0.25, -0.2) is 9.97 Å². The van der Waals surface area contributed by atoms with Gasteiger partial charge < -0.3 is 10.1 Å². The molecule has 1 aromatic rings. The van der Waals surface area contributed by atoms with Crippen LogP contribution in [0.1, 0.15) is 64.9 Å². The molecule has 0 aliphatic rings. The summed E-state index contributed by atoms with van der Waals surface area (Å²) in [4.78, 5) is 9.23. The lowest BCUT2D eigenvalue weighted by atomic mass is 9.88. The number of nitrogens with zero attached hydrogens (tertiary/aromatic N) is 2. The normalized spacial score (nSPS) is 14.4. The number of methoxy groups -OCH3 is 1. The van der Waals surface area contributed by atoms with Crippen LogP contribution in [-0.4, -0.2) is 22.6 Å². The Balaban J connectivity index is 3.02. The predicted octanol–water partition coefficient (Wildman–Crippen LogP) is 3.41. The van der Waals surface area contributed by atoms with E-state index in [1.54, 1.807) is 7.11 Å². The van der Waals surface area contributed by atoms with Crippen molar-refractivity contribution in [3.63, 3.8) is 0 Å². The number of hydrogen-bond acceptors (Lipinski definition) is 4. The molecule has 20 heavy (non-hydrogen) atoms. The van der Waals surface area contributed by atoms with Gasteiger partial charge in [-0.2, -0.15) is 0 Å². The topological polar surface area (TPSA) is 47.0 Å². The molecule has 0 aromatic carbocycles. The molecular formula is C16H29N3O. The molecule has 0 aliphatic heterocycles. The first kappa shape index (κ1) is 17.1. The van der Waals surface area contributed by atoms with Gasteiger partial charge in [0.15, 0.2) is 5.82 Å². The molecule has 0 spiro atoms. The van der Waals surface area contributed by atoms with Gasteiger partial charge in [-0.3, -0.25) is 0 Å². The van der Waals surface area contributed by atoms with Gasteiger partial charge in [0, 0.05) is 24.9 Å². The van der Waals surface area contributed by atoms with Crippen LogP contribution in [0.3, 0.4) is 0 Å². The van der Waals surface area contributed by atoms with Gasteiger partial charge >= 0.3 is 0 Å². The van der Waals surface area contributed by atoms with Gasteiger partial charge in [-0.05, 0) is 39.2 Å². The lowest BCUT2D eigenvalue weighted by Gasteiger charge is -2.28. The van der Waals surface area contributed by atoms with Crippen LogP contribution in [-0.2, 0) is 11.3 Å². The van der Waals surface area contributed by atoms with Crippen molar-refractivity contribution in [2.24, 2.45) is 5.41 Å². The highest BCUT2D eigenvalue weighted by Crippen LogP contribution is 2.33. The van der Waals surface area contributed by atoms with Gasteiger partial charge in [0.2, 0.25) is 0 Å². The second kappa shape index (κ2) is 6.19. The third-order valence-corrected chi connectivity index (χ3v) is 2.98. The van der Waals surface area contributed by atoms with Crippen molar-refractivity contribution >= 4 is 0 Å². The van der Waals surface area contributed by atoms with Gasteiger partial charge in [-0.1, -0.05) is 20.8 Å². The van der Waals surface area contributed by atoms with Crippen molar-refractivity contribution in [3.8, 4) is 0 Å². The van der Waals surface area contributed by atoms with Crippen molar-refractivity contribution in [1.82, 2.24) is 15.3 Å². The lowest BCUT2D eigenvalue weighted by Crippen LogP contribution is -2.35. The molecule has 0 amide bonds. The molecule has 1 rings (SSSR count). The summed E-state index contributed by atoms with van der Waals surface area (Å²) in [7, 11) is 1.72. The fraction of sp³-hybridized carbons (Fsp3) is 0.750. The van der Waals surface area contributed by atoms with E-state index in [4.69, 9.17) is 4.74 Å². The quantitative estimate of drug-likeness (QED) is 0.917. The maximum absolute atomic E-state index is 5.61. The summed E-state index contributed by atoms with van der Waals surface area (Å²) in [5.41, 5.74) is 2.03. The van der Waals surface area contributed by atoms with E-state index < -0.39 is 0 Å². The average Bonchev–Trinajstić information content (AvgIpc) is 2.23. The highest BCUT2D eigenvalue weighted by atomic mass is 16.5. The maximum atomic E-state index is 5.61. The van der Waals surface area contributed by atoms with Crippen LogP contribution < -0.4 is 5.32 Å². The van der Waals surface area contributed by atoms with Crippen LogP contribution >= 0.6 is 0 Å². The summed E-state index contributed by atoms with van der Waals surface area (Å²) in [6.45, 7) is 15.6. The first-order valence-corrected chi connectivity index (χ1v) is 7.15. The van der Waals surface area contributed by atoms with E-state index in [0.29, 0.717) is 0 Å². The molecule has 0 saturated carbocycles. The van der Waals surface area contributed by atoms with Gasteiger partial charge in [-0.15, -0.1) is 0 Å². The molecule has 0 saturated heterocycles. The number of rotatable bonds is 4. The summed E-state index contributed by atoms with van der Waals surface area (Å²) in [5, 5.41) is 3.46. The highest BCUT2D eigenvalue weighted by Gasteiger charge is 2.29. The van der Waals surface area contributed by atoms with Crippen molar-refractivity contribution in [2.45, 2.75) is 66.7 Å². The van der Waals surface area contributed by atoms with E-state index >= 15 is 0 Å². The molecular weight excluding hydrogens is 250 g/mol. The molecule has 0 aliphatic carbocycles. The number of aromatic nitrogens is 2. The Hall–Kier alpha value is -1.00. The van der Waals surface area contributed by atoms with E-state index in [0.717, 1.165) is 23.8 Å². The van der Waals surface area contributed by atoms with Crippen LogP contribution in [0.2, 0.25) is 0 Å². The molecule has 0 fully saturated rings. The molecule has 1 unspecified atom stereocenters. The molecule has 0 bridgehead atoms. The average molecular weight is 279 g/mol. The van der Waals surface area contributed by atoms with Gasteiger partial charge in [0.25, 0.3) is 0 Å². The summed E-state index contributed by atoms with van der Waals surface area (Å²) < 4.78 is 5.61. The molecule has 4 heteroatoms. The lowest BCUT2D eigenvalue weighted by molar-refractivity contribution is 0.00837. The standard InChI is InChI=1S/C16H29N3O/c1-11-9-12(10-17-16(5,6)7)19-14(18-11)13(20-8)15(2,3)4/h9,13,17H,10H2,1-8H3. The Bertz CT molecular complexity index is 444. The van der Waals surface area contributed by atoms with E-state index in [1.807, 2.05) is 13.0 Å². The minimum Gasteiger partial charge on any atom is -0.373 e. The zero-order valence-corrected chi connectivity index (χ0v) is 14.2. The highest BCUT2D eigenvalue weighted by molar-refractivity contribution is 5.12. The van der Waals surface area contributed by atoms with Gasteiger partial charge in [0.1, 0.15) is 6.10 Å². The number of nitrogens with one attached hydrogen (secondary N) is 1. The molecule has 4 nitrogen and oxygen atoms in total. The summed E-state index contributed by atoms with van der Waals surface area (Å²) in [6, 6.07) is 2.03. The Morgan fingerprint density at radius 1 is 1.15 bits per heavy atom. The van der Waals surface area contributed by atoms with Crippen LogP contribution in [0.15, 0.2) is 6.07 Å². The monoisotopic (exact) mass is 279 g/mol. The summed E-state index contributed by atoms with van der Waals surface area (Å²) >= 11 is 0. The van der Waals surface area contributed by atoms with E-state index in [2.05, 4.69) is 56.8 Å². The molecule has 1 heterocycles. The Morgan fingerprint density at radius 2 is 1.75 bits per heavy atom. The first-order valence-electron chi connectivity index (χ1n) is 7.15. The third-order valence-electron chi connectivity index (χ3n) is 2.98. The molecule has 114 valence electrons. The second-order valence-corrected chi connectivity index (χ2v) is 7.44. The summed E-state index contributed by atoms with van der Waals surface area (Å²) in [5.74, 6) is 0.769. The molecule has 1 atom stereocenters. The van der Waals surface area contributed by atoms with E-state index in [-0.39, 0.29) is 17.1 Å². The largest absolute Gasteiger partial charge is 0.373 e. The van der Waals surface area contributed by atoms with Crippen LogP contribution in [0.25, 0.3) is 0 Å². The Kier molecular flexibility index (Phi) is 5.27. The smallest absolute Gasteiger partial charge is 0.158 e. The minimum atomic E-state index is -0.101. The second-order valence-electron chi connectivity index (χ2n) is 7.44. The number of aryl methyl sites for hydroxylation is 1.